The molecule has 3 rings (SSSR count). The van der Waals surface area contributed by atoms with Crippen molar-refractivity contribution >= 4 is 44.4 Å². The van der Waals surface area contributed by atoms with Crippen molar-refractivity contribution in [3.8, 4) is 0 Å². The first kappa shape index (κ1) is 13.6. The Kier molecular flexibility index (Phi) is 3.52. The molecule has 1 aromatic heterocycles. The molecule has 0 amide bonds. The number of cyclic esters (lactones) is 1. The summed E-state index contributed by atoms with van der Waals surface area (Å²) in [6, 6.07) is 7.90. The van der Waals surface area contributed by atoms with Crippen LogP contribution in [0.2, 0.25) is 0 Å². The molecule has 104 valence electrons. The van der Waals surface area contributed by atoms with E-state index in [1.165, 1.54) is 11.8 Å². The van der Waals surface area contributed by atoms with Gasteiger partial charge >= 0.3 is 5.97 Å². The number of ether oxygens (including phenoxy) is 1. The van der Waals surface area contributed by atoms with Gasteiger partial charge in [0.05, 0.1) is 16.0 Å². The van der Waals surface area contributed by atoms with E-state index in [0.717, 1.165) is 15.2 Å². The Bertz CT molecular complexity index is 649. The van der Waals surface area contributed by atoms with E-state index in [1.807, 2.05) is 24.3 Å². The molecular weight excluding hydrogens is 294 g/mol. The summed E-state index contributed by atoms with van der Waals surface area (Å²) in [7, 11) is 0. The molecule has 1 aliphatic heterocycles. The van der Waals surface area contributed by atoms with Crippen molar-refractivity contribution in [3.63, 3.8) is 0 Å². The monoisotopic (exact) mass is 307 g/mol. The van der Waals surface area contributed by atoms with Crippen molar-refractivity contribution < 1.29 is 14.3 Å². The maximum Gasteiger partial charge on any atom is 0.306 e. The molecule has 0 bridgehead atoms. The van der Waals surface area contributed by atoms with Crippen molar-refractivity contribution in [3.05, 3.63) is 29.3 Å². The second kappa shape index (κ2) is 5.18. The molecule has 0 N–H and O–H groups in total. The largest absolute Gasteiger partial charge is 0.450 e. The van der Waals surface area contributed by atoms with E-state index in [0.29, 0.717) is 18.6 Å². The van der Waals surface area contributed by atoms with Crippen LogP contribution in [0.5, 0.6) is 0 Å². The number of hydrogen-bond acceptors (Lipinski definition) is 6. The summed E-state index contributed by atoms with van der Waals surface area (Å²) in [5, 5.41) is 0.820. The predicted molar refractivity (Wildman–Crippen MR) is 79.7 cm³/mol. The second-order valence-electron chi connectivity index (χ2n) is 4.86. The Hall–Kier alpha value is -1.40. The quantitative estimate of drug-likeness (QED) is 0.815. The van der Waals surface area contributed by atoms with Crippen LogP contribution in [0.1, 0.15) is 24.8 Å². The second-order valence-corrected chi connectivity index (χ2v) is 6.92. The first-order valence-corrected chi connectivity index (χ1v) is 8.10. The minimum absolute atomic E-state index is 0.0948. The van der Waals surface area contributed by atoms with Crippen LogP contribution in [-0.4, -0.2) is 21.7 Å². The fourth-order valence-corrected chi connectivity index (χ4v) is 4.04. The van der Waals surface area contributed by atoms with E-state index in [9.17, 15) is 9.59 Å². The summed E-state index contributed by atoms with van der Waals surface area (Å²) in [4.78, 5) is 27.8. The topological polar surface area (TPSA) is 56.3 Å². The summed E-state index contributed by atoms with van der Waals surface area (Å²) in [5.41, 5.74) is -0.00243. The molecule has 6 heteroatoms. The smallest absolute Gasteiger partial charge is 0.306 e. The fourth-order valence-electron chi connectivity index (χ4n) is 2.10. The molecule has 1 fully saturated rings. The third-order valence-electron chi connectivity index (χ3n) is 3.24. The number of fused-ring (bicyclic) bond motifs is 1. The number of benzene rings is 1. The van der Waals surface area contributed by atoms with Gasteiger partial charge in [0, 0.05) is 12.8 Å². The first-order chi connectivity index (χ1) is 9.57. The van der Waals surface area contributed by atoms with Gasteiger partial charge in [-0.15, -0.1) is 11.3 Å². The fraction of sp³-hybridized carbons (Fsp3) is 0.357. The van der Waals surface area contributed by atoms with Crippen LogP contribution in [0.3, 0.4) is 0 Å². The van der Waals surface area contributed by atoms with Crippen molar-refractivity contribution in [2.24, 2.45) is 0 Å². The number of aromatic nitrogens is 1. The molecular formula is C14H13NO3S2. The zero-order chi connectivity index (χ0) is 14.2. The Balaban J connectivity index is 1.67. The summed E-state index contributed by atoms with van der Waals surface area (Å²) < 4.78 is 6.25. The van der Waals surface area contributed by atoms with Crippen LogP contribution >= 0.6 is 23.1 Å². The lowest BCUT2D eigenvalue weighted by Gasteiger charge is -2.19. The minimum Gasteiger partial charge on any atom is -0.450 e. The molecule has 1 atom stereocenters. The van der Waals surface area contributed by atoms with Crippen LogP contribution in [0.25, 0.3) is 10.2 Å². The van der Waals surface area contributed by atoms with E-state index in [2.05, 4.69) is 4.98 Å². The van der Waals surface area contributed by atoms with Gasteiger partial charge in [-0.3, -0.25) is 9.59 Å². The van der Waals surface area contributed by atoms with Crippen molar-refractivity contribution in [1.82, 2.24) is 4.98 Å². The molecule has 1 unspecified atom stereocenters. The Morgan fingerprint density at radius 3 is 3.00 bits per heavy atom. The highest BCUT2D eigenvalue weighted by atomic mass is 32.2. The van der Waals surface area contributed by atoms with Crippen LogP contribution in [0.4, 0.5) is 0 Å². The summed E-state index contributed by atoms with van der Waals surface area (Å²) in [6.45, 7) is 1.69. The van der Waals surface area contributed by atoms with Gasteiger partial charge in [0.1, 0.15) is 5.01 Å². The minimum atomic E-state index is -0.960. The molecule has 0 saturated carbocycles. The summed E-state index contributed by atoms with van der Waals surface area (Å²) in [6.07, 6.45) is 0.793. The van der Waals surface area contributed by atoms with Crippen molar-refractivity contribution in [2.45, 2.75) is 31.1 Å². The summed E-state index contributed by atoms with van der Waals surface area (Å²) >= 11 is 2.76. The standard InChI is InChI=1S/C14H13NO3S2/c1-14(7-6-12(16)18-14)13(17)19-8-11-15-9-4-2-3-5-10(9)20-11/h2-5H,6-8H2,1H3. The third kappa shape index (κ3) is 2.58. The maximum absolute atomic E-state index is 12.2. The lowest BCUT2D eigenvalue weighted by Crippen LogP contribution is -2.32. The maximum atomic E-state index is 12.2. The Morgan fingerprint density at radius 2 is 2.30 bits per heavy atom. The molecule has 2 heterocycles. The van der Waals surface area contributed by atoms with Gasteiger partial charge in [0.25, 0.3) is 0 Å². The van der Waals surface area contributed by atoms with Gasteiger partial charge in [-0.1, -0.05) is 23.9 Å². The van der Waals surface area contributed by atoms with Crippen molar-refractivity contribution in [2.75, 3.05) is 0 Å². The van der Waals surface area contributed by atoms with E-state index >= 15 is 0 Å². The molecule has 0 aliphatic carbocycles. The molecule has 0 radical (unpaired) electrons. The normalized spacial score (nSPS) is 22.1. The molecule has 1 aromatic carbocycles. The van der Waals surface area contributed by atoms with Crippen LogP contribution in [0.15, 0.2) is 24.3 Å². The van der Waals surface area contributed by atoms with E-state index in [4.69, 9.17) is 4.74 Å². The summed E-state index contributed by atoms with van der Waals surface area (Å²) in [5.74, 6) is 0.229. The molecule has 0 spiro atoms. The van der Waals surface area contributed by atoms with Gasteiger partial charge in [-0.25, -0.2) is 4.98 Å². The van der Waals surface area contributed by atoms with E-state index < -0.39 is 5.60 Å². The van der Waals surface area contributed by atoms with Gasteiger partial charge in [-0.05, 0) is 19.1 Å². The highest BCUT2D eigenvalue weighted by molar-refractivity contribution is 8.13. The average molecular weight is 307 g/mol. The number of para-hydroxylation sites is 1. The lowest BCUT2D eigenvalue weighted by molar-refractivity contribution is -0.152. The molecule has 4 nitrogen and oxygen atoms in total. The third-order valence-corrected chi connectivity index (χ3v) is 5.57. The average Bonchev–Trinajstić information content (AvgIpc) is 2.99. The molecule has 1 aliphatic rings. The van der Waals surface area contributed by atoms with Gasteiger partial charge in [0.15, 0.2) is 5.60 Å². The van der Waals surface area contributed by atoms with Crippen LogP contribution in [-0.2, 0) is 20.1 Å². The highest BCUT2D eigenvalue weighted by Gasteiger charge is 2.42. The zero-order valence-electron chi connectivity index (χ0n) is 10.9. The lowest BCUT2D eigenvalue weighted by atomic mass is 10.1. The first-order valence-electron chi connectivity index (χ1n) is 6.30. The Labute approximate surface area is 124 Å². The van der Waals surface area contributed by atoms with E-state index in [-0.39, 0.29) is 11.1 Å². The number of nitrogens with zero attached hydrogens (tertiary/aromatic N) is 1. The molecule has 2 aromatic rings. The molecule has 20 heavy (non-hydrogen) atoms. The zero-order valence-corrected chi connectivity index (χ0v) is 12.6. The highest BCUT2D eigenvalue weighted by Crippen LogP contribution is 2.33. The number of rotatable bonds is 3. The van der Waals surface area contributed by atoms with E-state index in [1.54, 1.807) is 18.3 Å². The SMILES string of the molecule is CC1(C(=O)SCc2nc3ccccc3s2)CCC(=O)O1. The number of thiazole rings is 1. The number of esters is 1. The number of hydrogen-bond donors (Lipinski definition) is 0. The van der Waals surface area contributed by atoms with Crippen LogP contribution in [0, 0.1) is 0 Å². The predicted octanol–water partition coefficient (Wildman–Crippen LogP) is 3.15. The number of thioether (sulfide) groups is 1. The molecule has 1 saturated heterocycles. The van der Waals surface area contributed by atoms with Gasteiger partial charge in [-0.2, -0.15) is 0 Å². The Morgan fingerprint density at radius 1 is 1.50 bits per heavy atom. The number of carbonyl (C=O) groups is 2. The number of carbonyl (C=O) groups excluding carboxylic acids is 2. The van der Waals surface area contributed by atoms with Gasteiger partial charge in [0.2, 0.25) is 5.12 Å². The van der Waals surface area contributed by atoms with Crippen molar-refractivity contribution in [1.29, 1.82) is 0 Å². The van der Waals surface area contributed by atoms with Crippen LogP contribution < -0.4 is 0 Å². The van der Waals surface area contributed by atoms with Gasteiger partial charge < -0.3 is 4.74 Å².